The summed E-state index contributed by atoms with van der Waals surface area (Å²) in [5, 5.41) is 3.62. The fraction of sp³-hybridized carbons (Fsp3) is 0.625. The molecule has 102 valence electrons. The van der Waals surface area contributed by atoms with E-state index in [0.717, 1.165) is 19.5 Å². The molecule has 0 aromatic heterocycles. The molecule has 0 saturated carbocycles. The first-order chi connectivity index (χ1) is 8.69. The summed E-state index contributed by atoms with van der Waals surface area (Å²) in [5.41, 5.74) is 7.04. The molecule has 0 fully saturated rings. The molecule has 0 spiro atoms. The lowest BCUT2D eigenvalue weighted by Crippen LogP contribution is -2.33. The maximum absolute atomic E-state index is 5.59. The highest BCUT2D eigenvalue weighted by Crippen LogP contribution is 2.26. The molecule has 2 nitrogen and oxygen atoms in total. The summed E-state index contributed by atoms with van der Waals surface area (Å²) in [6.07, 6.45) is 2.26. The predicted octanol–water partition coefficient (Wildman–Crippen LogP) is 3.14. The second-order valence-electron chi connectivity index (χ2n) is 5.29. The summed E-state index contributed by atoms with van der Waals surface area (Å²) in [4.78, 5) is 0. The highest BCUT2D eigenvalue weighted by molar-refractivity contribution is 5.20. The fourth-order valence-electron chi connectivity index (χ4n) is 2.31. The molecule has 1 aromatic rings. The van der Waals surface area contributed by atoms with Gasteiger partial charge in [0.25, 0.3) is 0 Å². The van der Waals surface area contributed by atoms with Crippen molar-refractivity contribution in [1.82, 2.24) is 5.32 Å². The van der Waals surface area contributed by atoms with Gasteiger partial charge in [0, 0.05) is 12.6 Å². The minimum absolute atomic E-state index is 0.505. The van der Waals surface area contributed by atoms with Crippen LogP contribution in [0.5, 0.6) is 0 Å². The van der Waals surface area contributed by atoms with Crippen LogP contribution in [0.2, 0.25) is 0 Å². The highest BCUT2D eigenvalue weighted by atomic mass is 14.9. The predicted molar refractivity (Wildman–Crippen MR) is 79.8 cm³/mol. The number of hydrogen-bond donors (Lipinski definition) is 2. The lowest BCUT2D eigenvalue weighted by Gasteiger charge is -2.26. The fourth-order valence-corrected chi connectivity index (χ4v) is 2.31. The van der Waals surface area contributed by atoms with Gasteiger partial charge in [-0.1, -0.05) is 50.6 Å². The van der Waals surface area contributed by atoms with Crippen LogP contribution in [0.4, 0.5) is 0 Å². The Morgan fingerprint density at radius 3 is 2.39 bits per heavy atom. The molecule has 0 aliphatic heterocycles. The van der Waals surface area contributed by atoms with Crippen LogP contribution in [0.25, 0.3) is 0 Å². The van der Waals surface area contributed by atoms with Crippen molar-refractivity contribution in [3.8, 4) is 0 Å². The van der Waals surface area contributed by atoms with Crippen LogP contribution in [-0.4, -0.2) is 19.1 Å². The maximum atomic E-state index is 5.59. The summed E-state index contributed by atoms with van der Waals surface area (Å²) < 4.78 is 0. The van der Waals surface area contributed by atoms with Gasteiger partial charge in [0.15, 0.2) is 0 Å². The molecule has 1 rings (SSSR count). The van der Waals surface area contributed by atoms with E-state index in [1.807, 2.05) is 0 Å². The Morgan fingerprint density at radius 1 is 1.17 bits per heavy atom. The first-order valence-corrected chi connectivity index (χ1v) is 7.17. The zero-order valence-electron chi connectivity index (χ0n) is 12.0. The van der Waals surface area contributed by atoms with E-state index in [0.29, 0.717) is 17.9 Å². The van der Waals surface area contributed by atoms with E-state index in [-0.39, 0.29) is 0 Å². The SMILES string of the molecule is CCC(C)C(CNC(C)CCN)c1ccccc1. The van der Waals surface area contributed by atoms with Crippen molar-refractivity contribution in [3.05, 3.63) is 35.9 Å². The standard InChI is InChI=1S/C16H28N2/c1-4-13(2)16(12-18-14(3)10-11-17)15-8-6-5-7-9-15/h5-9,13-14,16,18H,4,10-12,17H2,1-3H3. The number of benzene rings is 1. The van der Waals surface area contributed by atoms with Crippen LogP contribution in [0, 0.1) is 5.92 Å². The number of hydrogen-bond acceptors (Lipinski definition) is 2. The third-order valence-corrected chi connectivity index (χ3v) is 3.84. The first-order valence-electron chi connectivity index (χ1n) is 7.17. The summed E-state index contributed by atoms with van der Waals surface area (Å²) >= 11 is 0. The molecule has 0 bridgehead atoms. The van der Waals surface area contributed by atoms with Crippen molar-refractivity contribution < 1.29 is 0 Å². The average Bonchev–Trinajstić information content (AvgIpc) is 2.40. The summed E-state index contributed by atoms with van der Waals surface area (Å²) in [6, 6.07) is 11.3. The summed E-state index contributed by atoms with van der Waals surface area (Å²) in [5.74, 6) is 1.29. The van der Waals surface area contributed by atoms with Crippen LogP contribution in [0.15, 0.2) is 30.3 Å². The molecule has 0 saturated heterocycles. The lowest BCUT2D eigenvalue weighted by molar-refractivity contribution is 0.395. The van der Waals surface area contributed by atoms with Gasteiger partial charge in [-0.2, -0.15) is 0 Å². The second kappa shape index (κ2) is 8.28. The molecule has 1 aromatic carbocycles. The summed E-state index contributed by atoms with van der Waals surface area (Å²) in [7, 11) is 0. The number of nitrogens with one attached hydrogen (secondary N) is 1. The van der Waals surface area contributed by atoms with Gasteiger partial charge in [0.05, 0.1) is 0 Å². The molecular weight excluding hydrogens is 220 g/mol. The van der Waals surface area contributed by atoms with Crippen molar-refractivity contribution >= 4 is 0 Å². The largest absolute Gasteiger partial charge is 0.330 e. The van der Waals surface area contributed by atoms with E-state index >= 15 is 0 Å². The molecule has 0 aliphatic rings. The van der Waals surface area contributed by atoms with Crippen molar-refractivity contribution in [2.75, 3.05) is 13.1 Å². The first kappa shape index (κ1) is 15.2. The van der Waals surface area contributed by atoms with Crippen molar-refractivity contribution in [3.63, 3.8) is 0 Å². The molecule has 3 atom stereocenters. The third kappa shape index (κ3) is 4.79. The minimum Gasteiger partial charge on any atom is -0.330 e. The molecule has 0 amide bonds. The van der Waals surface area contributed by atoms with Gasteiger partial charge in [-0.05, 0) is 37.3 Å². The Bertz CT molecular complexity index is 310. The van der Waals surface area contributed by atoms with E-state index in [1.54, 1.807) is 0 Å². The van der Waals surface area contributed by atoms with Crippen LogP contribution in [0.1, 0.15) is 45.1 Å². The molecule has 3 unspecified atom stereocenters. The van der Waals surface area contributed by atoms with Crippen LogP contribution in [0.3, 0.4) is 0 Å². The Labute approximate surface area is 112 Å². The Balaban J connectivity index is 2.62. The molecule has 0 radical (unpaired) electrons. The van der Waals surface area contributed by atoms with E-state index in [9.17, 15) is 0 Å². The van der Waals surface area contributed by atoms with Gasteiger partial charge in [-0.3, -0.25) is 0 Å². The zero-order chi connectivity index (χ0) is 13.4. The lowest BCUT2D eigenvalue weighted by atomic mass is 9.85. The monoisotopic (exact) mass is 248 g/mol. The van der Waals surface area contributed by atoms with Crippen LogP contribution in [-0.2, 0) is 0 Å². The second-order valence-corrected chi connectivity index (χ2v) is 5.29. The Morgan fingerprint density at radius 2 is 1.83 bits per heavy atom. The van der Waals surface area contributed by atoms with E-state index < -0.39 is 0 Å². The topological polar surface area (TPSA) is 38.0 Å². The minimum atomic E-state index is 0.505. The van der Waals surface area contributed by atoms with Crippen molar-refractivity contribution in [2.45, 2.75) is 45.6 Å². The van der Waals surface area contributed by atoms with Crippen molar-refractivity contribution in [1.29, 1.82) is 0 Å². The van der Waals surface area contributed by atoms with Crippen molar-refractivity contribution in [2.24, 2.45) is 11.7 Å². The average molecular weight is 248 g/mol. The number of nitrogens with two attached hydrogens (primary N) is 1. The van der Waals surface area contributed by atoms with Gasteiger partial charge >= 0.3 is 0 Å². The van der Waals surface area contributed by atoms with Gasteiger partial charge in [-0.25, -0.2) is 0 Å². The Kier molecular flexibility index (Phi) is 6.99. The molecule has 2 heteroatoms. The summed E-state index contributed by atoms with van der Waals surface area (Å²) in [6.45, 7) is 8.62. The highest BCUT2D eigenvalue weighted by Gasteiger charge is 2.18. The molecule has 18 heavy (non-hydrogen) atoms. The van der Waals surface area contributed by atoms with Gasteiger partial charge in [-0.15, -0.1) is 0 Å². The smallest absolute Gasteiger partial charge is 0.00509 e. The van der Waals surface area contributed by atoms with Crippen LogP contribution >= 0.6 is 0 Å². The maximum Gasteiger partial charge on any atom is 0.00509 e. The third-order valence-electron chi connectivity index (χ3n) is 3.84. The van der Waals surface area contributed by atoms with Gasteiger partial charge in [0.1, 0.15) is 0 Å². The molecule has 3 N–H and O–H groups in total. The van der Waals surface area contributed by atoms with Gasteiger partial charge in [0.2, 0.25) is 0 Å². The normalized spacial score (nSPS) is 16.2. The van der Waals surface area contributed by atoms with E-state index in [1.165, 1.54) is 12.0 Å². The quantitative estimate of drug-likeness (QED) is 0.741. The molecule has 0 heterocycles. The van der Waals surface area contributed by atoms with Crippen LogP contribution < -0.4 is 11.1 Å². The number of rotatable bonds is 8. The molecular formula is C16H28N2. The van der Waals surface area contributed by atoms with E-state index in [4.69, 9.17) is 5.73 Å². The Hall–Kier alpha value is -0.860. The molecule has 0 aliphatic carbocycles. The van der Waals surface area contributed by atoms with Gasteiger partial charge < -0.3 is 11.1 Å². The van der Waals surface area contributed by atoms with E-state index in [2.05, 4.69) is 56.4 Å². The zero-order valence-corrected chi connectivity index (χ0v) is 12.0.